The van der Waals surface area contributed by atoms with Crippen LogP contribution < -0.4 is 0 Å². The standard InChI is InChI=1S/C12H24BrNO/c1-9(2)11(6-13)7-14-5-4-10(3)12(15)8-14/h9-12,15H,4-8H2,1-3H3. The maximum Gasteiger partial charge on any atom is 0.0693 e. The zero-order valence-electron chi connectivity index (χ0n) is 10.1. The van der Waals surface area contributed by atoms with E-state index in [0.717, 1.165) is 31.4 Å². The average Bonchev–Trinajstić information content (AvgIpc) is 2.19. The van der Waals surface area contributed by atoms with Gasteiger partial charge in [-0.05, 0) is 30.7 Å². The van der Waals surface area contributed by atoms with Crippen molar-refractivity contribution in [3.05, 3.63) is 0 Å². The topological polar surface area (TPSA) is 23.5 Å². The molecule has 0 aromatic carbocycles. The lowest BCUT2D eigenvalue weighted by atomic mass is 9.93. The third kappa shape index (κ3) is 4.04. The predicted molar refractivity (Wildman–Crippen MR) is 68.3 cm³/mol. The first-order valence-electron chi connectivity index (χ1n) is 6.01. The number of alkyl halides is 1. The molecule has 0 aromatic heterocycles. The van der Waals surface area contributed by atoms with Crippen molar-refractivity contribution in [1.29, 1.82) is 0 Å². The summed E-state index contributed by atoms with van der Waals surface area (Å²) in [5, 5.41) is 10.9. The van der Waals surface area contributed by atoms with Crippen molar-refractivity contribution in [2.45, 2.75) is 33.3 Å². The predicted octanol–water partition coefficient (Wildman–Crippen LogP) is 2.36. The molecular weight excluding hydrogens is 254 g/mol. The number of hydrogen-bond acceptors (Lipinski definition) is 2. The fraction of sp³-hybridized carbons (Fsp3) is 1.00. The molecule has 2 nitrogen and oxygen atoms in total. The number of β-amino-alcohol motifs (C(OH)–C–C–N with tert-alkyl or cyclic N) is 1. The van der Waals surface area contributed by atoms with Crippen molar-refractivity contribution >= 4 is 15.9 Å². The minimum atomic E-state index is -0.123. The smallest absolute Gasteiger partial charge is 0.0693 e. The van der Waals surface area contributed by atoms with Crippen LogP contribution in [0.25, 0.3) is 0 Å². The lowest BCUT2D eigenvalue weighted by Gasteiger charge is -2.36. The van der Waals surface area contributed by atoms with Crippen molar-refractivity contribution in [3.63, 3.8) is 0 Å². The zero-order chi connectivity index (χ0) is 11.4. The van der Waals surface area contributed by atoms with Crippen molar-refractivity contribution in [1.82, 2.24) is 4.90 Å². The molecule has 0 radical (unpaired) electrons. The normalized spacial score (nSPS) is 30.8. The lowest BCUT2D eigenvalue weighted by molar-refractivity contribution is 0.0216. The summed E-state index contributed by atoms with van der Waals surface area (Å²) < 4.78 is 0. The molecule has 0 saturated carbocycles. The number of halogens is 1. The molecule has 1 N–H and O–H groups in total. The molecule has 1 aliphatic heterocycles. The van der Waals surface area contributed by atoms with E-state index in [2.05, 4.69) is 41.6 Å². The maximum atomic E-state index is 9.82. The summed E-state index contributed by atoms with van der Waals surface area (Å²) >= 11 is 3.58. The van der Waals surface area contributed by atoms with Gasteiger partial charge in [-0.1, -0.05) is 36.7 Å². The van der Waals surface area contributed by atoms with E-state index < -0.39 is 0 Å². The van der Waals surface area contributed by atoms with E-state index in [-0.39, 0.29) is 6.10 Å². The summed E-state index contributed by atoms with van der Waals surface area (Å²) in [5.41, 5.74) is 0. The molecule has 1 rings (SSSR count). The van der Waals surface area contributed by atoms with Crippen LogP contribution in [0.2, 0.25) is 0 Å². The molecule has 3 atom stereocenters. The van der Waals surface area contributed by atoms with E-state index in [1.807, 2.05) is 0 Å². The highest BCUT2D eigenvalue weighted by Gasteiger charge is 2.26. The number of hydrogen-bond donors (Lipinski definition) is 1. The Morgan fingerprint density at radius 1 is 1.47 bits per heavy atom. The molecule has 15 heavy (non-hydrogen) atoms. The molecule has 1 heterocycles. The monoisotopic (exact) mass is 277 g/mol. The lowest BCUT2D eigenvalue weighted by Crippen LogP contribution is -2.45. The van der Waals surface area contributed by atoms with Crippen LogP contribution in [0.1, 0.15) is 27.2 Å². The molecule has 0 bridgehead atoms. The SMILES string of the molecule is CC(C)C(CBr)CN1CCC(C)C(O)C1. The zero-order valence-corrected chi connectivity index (χ0v) is 11.7. The molecular formula is C12H24BrNO. The van der Waals surface area contributed by atoms with Crippen LogP contribution >= 0.6 is 15.9 Å². The van der Waals surface area contributed by atoms with Gasteiger partial charge in [0.2, 0.25) is 0 Å². The Morgan fingerprint density at radius 2 is 2.13 bits per heavy atom. The van der Waals surface area contributed by atoms with Crippen molar-refractivity contribution in [2.24, 2.45) is 17.8 Å². The summed E-state index contributed by atoms with van der Waals surface area (Å²) in [6, 6.07) is 0. The van der Waals surface area contributed by atoms with Gasteiger partial charge in [-0.2, -0.15) is 0 Å². The van der Waals surface area contributed by atoms with Crippen LogP contribution in [0.15, 0.2) is 0 Å². The Morgan fingerprint density at radius 3 is 2.60 bits per heavy atom. The van der Waals surface area contributed by atoms with Crippen molar-refractivity contribution < 1.29 is 5.11 Å². The summed E-state index contributed by atoms with van der Waals surface area (Å²) in [5.74, 6) is 1.88. The van der Waals surface area contributed by atoms with Crippen LogP contribution in [0.3, 0.4) is 0 Å². The van der Waals surface area contributed by atoms with Crippen LogP contribution in [0.4, 0.5) is 0 Å². The van der Waals surface area contributed by atoms with Gasteiger partial charge in [-0.15, -0.1) is 0 Å². The van der Waals surface area contributed by atoms with E-state index in [1.165, 1.54) is 0 Å². The second-order valence-corrected chi connectivity index (χ2v) is 5.90. The van der Waals surface area contributed by atoms with Crippen LogP contribution in [-0.2, 0) is 0 Å². The Hall–Kier alpha value is 0.400. The minimum absolute atomic E-state index is 0.123. The Balaban J connectivity index is 2.38. The number of nitrogens with zero attached hydrogens (tertiary/aromatic N) is 1. The number of aliphatic hydroxyl groups excluding tert-OH is 1. The van der Waals surface area contributed by atoms with Crippen LogP contribution in [-0.4, -0.2) is 41.1 Å². The Labute approximate surface area is 102 Å². The largest absolute Gasteiger partial charge is 0.392 e. The fourth-order valence-electron chi connectivity index (χ4n) is 2.05. The van der Waals surface area contributed by atoms with Gasteiger partial charge in [0.25, 0.3) is 0 Å². The molecule has 0 aliphatic carbocycles. The quantitative estimate of drug-likeness (QED) is 0.798. The second-order valence-electron chi connectivity index (χ2n) is 5.25. The first-order chi connectivity index (χ1) is 7.04. The summed E-state index contributed by atoms with van der Waals surface area (Å²) in [6.45, 7) is 9.81. The van der Waals surface area contributed by atoms with E-state index >= 15 is 0 Å². The van der Waals surface area contributed by atoms with Gasteiger partial charge in [0.05, 0.1) is 6.10 Å². The maximum absolute atomic E-state index is 9.82. The van der Waals surface area contributed by atoms with Crippen LogP contribution in [0.5, 0.6) is 0 Å². The number of rotatable bonds is 4. The minimum Gasteiger partial charge on any atom is -0.392 e. The number of aliphatic hydroxyl groups is 1. The molecule has 0 aromatic rings. The van der Waals surface area contributed by atoms with Gasteiger partial charge in [-0.3, -0.25) is 0 Å². The summed E-state index contributed by atoms with van der Waals surface area (Å²) in [7, 11) is 0. The fourth-order valence-corrected chi connectivity index (χ4v) is 3.00. The summed E-state index contributed by atoms with van der Waals surface area (Å²) in [4.78, 5) is 2.41. The first kappa shape index (κ1) is 13.5. The molecule has 3 heteroatoms. The molecule has 0 spiro atoms. The second kappa shape index (κ2) is 6.21. The summed E-state index contributed by atoms with van der Waals surface area (Å²) in [6.07, 6.45) is 1.01. The molecule has 1 saturated heterocycles. The highest BCUT2D eigenvalue weighted by Crippen LogP contribution is 2.21. The molecule has 1 aliphatic rings. The third-order valence-corrected chi connectivity index (χ3v) is 4.47. The van der Waals surface area contributed by atoms with E-state index in [4.69, 9.17) is 0 Å². The van der Waals surface area contributed by atoms with Crippen molar-refractivity contribution in [2.75, 3.05) is 25.0 Å². The van der Waals surface area contributed by atoms with Gasteiger partial charge in [-0.25, -0.2) is 0 Å². The van der Waals surface area contributed by atoms with Gasteiger partial charge in [0.15, 0.2) is 0 Å². The molecule has 90 valence electrons. The van der Waals surface area contributed by atoms with Gasteiger partial charge < -0.3 is 10.0 Å². The highest BCUT2D eigenvalue weighted by atomic mass is 79.9. The number of likely N-dealkylation sites (tertiary alicyclic amines) is 1. The average molecular weight is 278 g/mol. The van der Waals surface area contributed by atoms with Gasteiger partial charge in [0, 0.05) is 18.4 Å². The first-order valence-corrected chi connectivity index (χ1v) is 7.13. The number of piperidine rings is 1. The van der Waals surface area contributed by atoms with E-state index in [9.17, 15) is 5.11 Å². The Kier molecular flexibility index (Phi) is 5.58. The Bertz CT molecular complexity index is 186. The van der Waals surface area contributed by atoms with Gasteiger partial charge >= 0.3 is 0 Å². The van der Waals surface area contributed by atoms with E-state index in [0.29, 0.717) is 17.8 Å². The van der Waals surface area contributed by atoms with Crippen LogP contribution in [0, 0.1) is 17.8 Å². The molecule has 3 unspecified atom stereocenters. The third-order valence-electron chi connectivity index (χ3n) is 3.64. The van der Waals surface area contributed by atoms with E-state index in [1.54, 1.807) is 0 Å². The van der Waals surface area contributed by atoms with Gasteiger partial charge in [0.1, 0.15) is 0 Å². The highest BCUT2D eigenvalue weighted by molar-refractivity contribution is 9.09. The molecule has 0 amide bonds. The molecule has 1 fully saturated rings. The van der Waals surface area contributed by atoms with Crippen molar-refractivity contribution in [3.8, 4) is 0 Å².